The molecule has 41 heavy (non-hydrogen) atoms. The minimum atomic E-state index is -3.05. The number of likely N-dealkylation sites (N-methyl/N-ethyl adjacent to an activating group) is 2. The number of alkyl halides is 2. The lowest BCUT2D eigenvalue weighted by Crippen LogP contribution is -2.38. The number of carbonyl (C=O) groups excluding carboxylic acids is 1. The SMILES string of the molecule is CN(C)CCN(C)c1cc(OC(F)F)c(Nc2nccc(N3CC4(CCC4)c4ncccc43)n2)cc1C=CC(N)=O. The highest BCUT2D eigenvalue weighted by molar-refractivity contribution is 5.92. The van der Waals surface area contributed by atoms with Gasteiger partial charge in [0, 0.05) is 67.9 Å². The molecule has 0 atom stereocenters. The molecule has 0 bridgehead atoms. The van der Waals surface area contributed by atoms with E-state index in [0.29, 0.717) is 23.6 Å². The zero-order valence-corrected chi connectivity index (χ0v) is 23.3. The number of nitrogens with one attached hydrogen (secondary N) is 1. The average Bonchev–Trinajstić information content (AvgIpc) is 3.28. The van der Waals surface area contributed by atoms with Gasteiger partial charge in [0.25, 0.3) is 0 Å². The van der Waals surface area contributed by atoms with Gasteiger partial charge in [-0.25, -0.2) is 4.98 Å². The summed E-state index contributed by atoms with van der Waals surface area (Å²) in [5, 5.41) is 3.06. The van der Waals surface area contributed by atoms with E-state index in [1.807, 2.05) is 55.3 Å². The van der Waals surface area contributed by atoms with Crippen molar-refractivity contribution in [3.63, 3.8) is 0 Å². The molecule has 0 unspecified atom stereocenters. The number of aromatic nitrogens is 3. The van der Waals surface area contributed by atoms with E-state index in [0.717, 1.165) is 37.3 Å². The molecule has 216 valence electrons. The molecular weight excluding hydrogens is 530 g/mol. The number of fused-ring (bicyclic) bond motifs is 2. The van der Waals surface area contributed by atoms with Crippen LogP contribution in [0.15, 0.2) is 48.8 Å². The van der Waals surface area contributed by atoms with Crippen LogP contribution in [0.1, 0.15) is 30.5 Å². The smallest absolute Gasteiger partial charge is 0.387 e. The molecular formula is C29H34F2N8O2. The molecule has 0 radical (unpaired) electrons. The number of ether oxygens (including phenoxy) is 1. The van der Waals surface area contributed by atoms with Crippen molar-refractivity contribution in [3.8, 4) is 5.75 Å². The summed E-state index contributed by atoms with van der Waals surface area (Å²) >= 11 is 0. The Morgan fingerprint density at radius 1 is 1.20 bits per heavy atom. The summed E-state index contributed by atoms with van der Waals surface area (Å²) in [5.74, 6) is 0.168. The van der Waals surface area contributed by atoms with Gasteiger partial charge in [-0.15, -0.1) is 0 Å². The van der Waals surface area contributed by atoms with Crippen LogP contribution in [0.3, 0.4) is 0 Å². The van der Waals surface area contributed by atoms with Gasteiger partial charge in [-0.2, -0.15) is 13.8 Å². The third-order valence-electron chi connectivity index (χ3n) is 7.58. The van der Waals surface area contributed by atoms with E-state index < -0.39 is 12.5 Å². The summed E-state index contributed by atoms with van der Waals surface area (Å²) in [7, 11) is 5.72. The molecule has 1 aliphatic carbocycles. The van der Waals surface area contributed by atoms with E-state index >= 15 is 0 Å². The highest BCUT2D eigenvalue weighted by Crippen LogP contribution is 2.53. The van der Waals surface area contributed by atoms with Crippen molar-refractivity contribution in [2.75, 3.05) is 55.9 Å². The molecule has 12 heteroatoms. The van der Waals surface area contributed by atoms with Crippen molar-refractivity contribution in [2.45, 2.75) is 31.3 Å². The van der Waals surface area contributed by atoms with Crippen LogP contribution in [0.4, 0.5) is 37.6 Å². The predicted octanol–water partition coefficient (Wildman–Crippen LogP) is 4.29. The van der Waals surface area contributed by atoms with Gasteiger partial charge in [-0.3, -0.25) is 9.78 Å². The van der Waals surface area contributed by atoms with Crippen LogP contribution in [0.25, 0.3) is 6.08 Å². The quantitative estimate of drug-likeness (QED) is 0.330. The fraction of sp³-hybridized carbons (Fsp3) is 0.379. The lowest BCUT2D eigenvalue weighted by atomic mass is 9.67. The van der Waals surface area contributed by atoms with Gasteiger partial charge >= 0.3 is 6.61 Å². The number of nitrogens with zero attached hydrogens (tertiary/aromatic N) is 6. The Morgan fingerprint density at radius 2 is 2.00 bits per heavy atom. The monoisotopic (exact) mass is 564 g/mol. The molecule has 1 saturated carbocycles. The highest BCUT2D eigenvalue weighted by atomic mass is 19.3. The molecule has 0 saturated heterocycles. The first-order chi connectivity index (χ1) is 19.6. The van der Waals surface area contributed by atoms with Crippen LogP contribution >= 0.6 is 0 Å². The first-order valence-corrected chi connectivity index (χ1v) is 13.4. The second-order valence-electron chi connectivity index (χ2n) is 10.7. The molecule has 2 aliphatic rings. The van der Waals surface area contributed by atoms with Crippen molar-refractivity contribution < 1.29 is 18.3 Å². The summed E-state index contributed by atoms with van der Waals surface area (Å²) in [5.41, 5.74) is 8.88. The molecule has 3 aromatic rings. The number of pyridine rings is 1. The first-order valence-electron chi connectivity index (χ1n) is 13.4. The lowest BCUT2D eigenvalue weighted by Gasteiger charge is -2.38. The number of hydrogen-bond acceptors (Lipinski definition) is 9. The van der Waals surface area contributed by atoms with Gasteiger partial charge in [-0.05, 0) is 57.3 Å². The van der Waals surface area contributed by atoms with E-state index in [1.165, 1.54) is 18.6 Å². The normalized spacial score (nSPS) is 15.4. The van der Waals surface area contributed by atoms with Gasteiger partial charge < -0.3 is 30.5 Å². The van der Waals surface area contributed by atoms with Crippen molar-refractivity contribution >= 4 is 40.8 Å². The Morgan fingerprint density at radius 3 is 2.68 bits per heavy atom. The maximum absolute atomic E-state index is 13.5. The maximum atomic E-state index is 13.5. The topological polar surface area (TPSA) is 113 Å². The van der Waals surface area contributed by atoms with E-state index in [2.05, 4.69) is 15.2 Å². The molecule has 1 aliphatic heterocycles. The largest absolute Gasteiger partial charge is 0.433 e. The van der Waals surface area contributed by atoms with Gasteiger partial charge in [0.1, 0.15) is 5.82 Å². The standard InChI is InChI=1S/C29H34F2N8O2/c1-37(2)14-15-38(3)22-17-23(41-27(30)31)20(16-19(22)7-8-24(32)40)35-28-34-13-9-25(36-28)39-18-29(10-5-11-29)26-21(39)6-4-12-33-26/h4,6-9,12-13,16-17,27H,5,10-11,14-15,18H2,1-3H3,(H2,32,40)(H,34,35,36). The number of primary amides is 1. The molecule has 1 spiro atoms. The highest BCUT2D eigenvalue weighted by Gasteiger charge is 2.48. The fourth-order valence-electron chi connectivity index (χ4n) is 5.35. The first kappa shape index (κ1) is 28.2. The van der Waals surface area contributed by atoms with E-state index in [9.17, 15) is 13.6 Å². The number of hydrogen-bond donors (Lipinski definition) is 2. The third kappa shape index (κ3) is 6.07. The van der Waals surface area contributed by atoms with Crippen LogP contribution in [-0.4, -0.2) is 73.1 Å². The number of nitrogens with two attached hydrogens (primary N) is 1. The second kappa shape index (κ2) is 11.7. The van der Waals surface area contributed by atoms with Crippen molar-refractivity contribution in [1.82, 2.24) is 19.9 Å². The summed E-state index contributed by atoms with van der Waals surface area (Å²) in [4.78, 5) is 31.3. The molecule has 1 amide bonds. The molecule has 1 aromatic carbocycles. The number of carbonyl (C=O) groups is 1. The Hall–Kier alpha value is -4.32. The number of halogens is 2. The maximum Gasteiger partial charge on any atom is 0.387 e. The molecule has 3 N–H and O–H groups in total. The number of benzene rings is 1. The second-order valence-corrected chi connectivity index (χ2v) is 10.7. The van der Waals surface area contributed by atoms with Gasteiger partial charge in [-0.1, -0.05) is 6.42 Å². The number of anilines is 5. The zero-order valence-electron chi connectivity index (χ0n) is 23.3. The van der Waals surface area contributed by atoms with E-state index in [1.54, 1.807) is 18.3 Å². The van der Waals surface area contributed by atoms with Gasteiger partial charge in [0.05, 0.1) is 17.1 Å². The average molecular weight is 565 g/mol. The lowest BCUT2D eigenvalue weighted by molar-refractivity contribution is -0.113. The summed E-state index contributed by atoms with van der Waals surface area (Å²) < 4.78 is 31.9. The number of rotatable bonds is 11. The van der Waals surface area contributed by atoms with Crippen molar-refractivity contribution in [1.29, 1.82) is 0 Å². The Labute approximate surface area is 237 Å². The molecule has 5 rings (SSSR count). The predicted molar refractivity (Wildman–Crippen MR) is 155 cm³/mol. The van der Waals surface area contributed by atoms with E-state index in [4.69, 9.17) is 20.4 Å². The summed E-state index contributed by atoms with van der Waals surface area (Å²) in [6.45, 7) is -0.963. The Bertz CT molecular complexity index is 1440. The molecule has 2 aromatic heterocycles. The summed E-state index contributed by atoms with van der Waals surface area (Å²) in [6.07, 6.45) is 9.54. The van der Waals surface area contributed by atoms with Crippen molar-refractivity contribution in [3.05, 3.63) is 60.1 Å². The van der Waals surface area contributed by atoms with Crippen LogP contribution in [0.2, 0.25) is 0 Å². The Kier molecular flexibility index (Phi) is 8.02. The van der Waals surface area contributed by atoms with Crippen LogP contribution in [-0.2, 0) is 10.2 Å². The molecule has 10 nitrogen and oxygen atoms in total. The van der Waals surface area contributed by atoms with Crippen LogP contribution in [0, 0.1) is 0 Å². The minimum absolute atomic E-state index is 0.0313. The van der Waals surface area contributed by atoms with Crippen LogP contribution < -0.4 is 25.6 Å². The van der Waals surface area contributed by atoms with Crippen molar-refractivity contribution in [2.24, 2.45) is 5.73 Å². The Balaban J connectivity index is 1.49. The minimum Gasteiger partial charge on any atom is -0.433 e. The zero-order chi connectivity index (χ0) is 29.1. The molecule has 1 fully saturated rings. The van der Waals surface area contributed by atoms with Gasteiger partial charge in [0.2, 0.25) is 11.9 Å². The van der Waals surface area contributed by atoms with E-state index in [-0.39, 0.29) is 22.8 Å². The number of amides is 1. The molecule has 3 heterocycles. The third-order valence-corrected chi connectivity index (χ3v) is 7.58. The van der Waals surface area contributed by atoms with Crippen LogP contribution in [0.5, 0.6) is 5.75 Å². The summed E-state index contributed by atoms with van der Waals surface area (Å²) in [6, 6.07) is 8.91. The fourth-order valence-corrected chi connectivity index (χ4v) is 5.35. The van der Waals surface area contributed by atoms with Gasteiger partial charge in [0.15, 0.2) is 5.75 Å².